The predicted molar refractivity (Wildman–Crippen MR) is 70.4 cm³/mol. The number of hydrogen-bond donors (Lipinski definition) is 2. The van der Waals surface area contributed by atoms with Gasteiger partial charge in [-0.15, -0.1) is 0 Å². The average molecular weight is 260 g/mol. The smallest absolute Gasteiger partial charge is 0.335 e. The Balaban J connectivity index is 2.07. The molecule has 2 heterocycles. The van der Waals surface area contributed by atoms with E-state index in [2.05, 4.69) is 10.2 Å². The molecular weight excluding hydrogens is 244 g/mol. The molecule has 1 aromatic carbocycles. The summed E-state index contributed by atoms with van der Waals surface area (Å²) in [6, 6.07) is 4.89. The van der Waals surface area contributed by atoms with Crippen LogP contribution in [0.2, 0.25) is 0 Å². The van der Waals surface area contributed by atoms with E-state index in [1.807, 2.05) is 7.05 Å². The number of aromatic carboxylic acids is 1. The number of hydrogen-bond acceptors (Lipinski definition) is 3. The van der Waals surface area contributed by atoms with Crippen LogP contribution >= 0.6 is 0 Å². The molecule has 2 aliphatic heterocycles. The highest BCUT2D eigenvalue weighted by molar-refractivity contribution is 6.07. The highest BCUT2D eigenvalue weighted by Gasteiger charge is 2.48. The summed E-state index contributed by atoms with van der Waals surface area (Å²) >= 11 is 0. The van der Waals surface area contributed by atoms with Crippen molar-refractivity contribution in [3.05, 3.63) is 29.3 Å². The number of benzene rings is 1. The van der Waals surface area contributed by atoms with Crippen molar-refractivity contribution in [1.82, 2.24) is 4.90 Å². The highest BCUT2D eigenvalue weighted by atomic mass is 16.4. The summed E-state index contributed by atoms with van der Waals surface area (Å²) < 4.78 is 0. The second kappa shape index (κ2) is 4.06. The maximum Gasteiger partial charge on any atom is 0.335 e. The summed E-state index contributed by atoms with van der Waals surface area (Å²) in [5.74, 6) is -0.941. The number of fused-ring (bicyclic) bond motifs is 2. The molecule has 2 N–H and O–H groups in total. The minimum absolute atomic E-state index is 0.0122. The van der Waals surface area contributed by atoms with E-state index in [4.69, 9.17) is 5.11 Å². The van der Waals surface area contributed by atoms with E-state index in [9.17, 15) is 9.59 Å². The van der Waals surface area contributed by atoms with Crippen LogP contribution in [0.25, 0.3) is 0 Å². The molecule has 2 aliphatic rings. The van der Waals surface area contributed by atoms with Gasteiger partial charge in [0.2, 0.25) is 5.91 Å². The van der Waals surface area contributed by atoms with Crippen molar-refractivity contribution in [3.8, 4) is 0 Å². The van der Waals surface area contributed by atoms with E-state index in [0.29, 0.717) is 0 Å². The van der Waals surface area contributed by atoms with Crippen molar-refractivity contribution in [2.75, 3.05) is 25.5 Å². The molecule has 5 nitrogen and oxygen atoms in total. The van der Waals surface area contributed by atoms with Crippen LogP contribution in [0.3, 0.4) is 0 Å². The maximum absolute atomic E-state index is 12.3. The average Bonchev–Trinajstić information content (AvgIpc) is 2.65. The van der Waals surface area contributed by atoms with E-state index in [-0.39, 0.29) is 11.5 Å². The molecule has 3 rings (SSSR count). The normalized spacial score (nSPS) is 21.2. The molecule has 1 spiro atoms. The fraction of sp³-hybridized carbons (Fsp3) is 0.429. The number of likely N-dealkylation sites (tertiary alicyclic amines) is 1. The monoisotopic (exact) mass is 260 g/mol. The van der Waals surface area contributed by atoms with E-state index in [1.54, 1.807) is 12.1 Å². The standard InChI is InChI=1S/C14H16N2O3/c1-16-6-4-14(5-7-16)10-8-9(12(17)18)2-3-11(10)15-13(14)19/h2-3,8H,4-7H2,1H3,(H,15,19)(H,17,18). The van der Waals surface area contributed by atoms with E-state index < -0.39 is 11.4 Å². The van der Waals surface area contributed by atoms with E-state index in [0.717, 1.165) is 37.2 Å². The van der Waals surface area contributed by atoms with Crippen molar-refractivity contribution in [2.45, 2.75) is 18.3 Å². The minimum atomic E-state index is -0.953. The van der Waals surface area contributed by atoms with Crippen molar-refractivity contribution in [3.63, 3.8) is 0 Å². The summed E-state index contributed by atoms with van der Waals surface area (Å²) in [7, 11) is 2.04. The number of amides is 1. The quantitative estimate of drug-likeness (QED) is 0.798. The van der Waals surface area contributed by atoms with Gasteiger partial charge in [-0.1, -0.05) is 0 Å². The van der Waals surface area contributed by atoms with Gasteiger partial charge < -0.3 is 15.3 Å². The first-order valence-corrected chi connectivity index (χ1v) is 6.41. The van der Waals surface area contributed by atoms with E-state index >= 15 is 0 Å². The number of rotatable bonds is 1. The number of nitrogens with one attached hydrogen (secondary N) is 1. The Morgan fingerprint density at radius 2 is 2.05 bits per heavy atom. The van der Waals surface area contributed by atoms with Crippen LogP contribution in [0, 0.1) is 0 Å². The molecule has 1 aromatic rings. The summed E-state index contributed by atoms with van der Waals surface area (Å²) in [5.41, 5.74) is 1.33. The fourth-order valence-electron chi connectivity index (χ4n) is 3.04. The fourth-order valence-corrected chi connectivity index (χ4v) is 3.04. The van der Waals surface area contributed by atoms with Crippen LogP contribution < -0.4 is 5.32 Å². The zero-order valence-corrected chi connectivity index (χ0v) is 10.8. The van der Waals surface area contributed by atoms with Gasteiger partial charge in [-0.25, -0.2) is 4.79 Å². The van der Waals surface area contributed by atoms with Crippen LogP contribution in [0.5, 0.6) is 0 Å². The highest BCUT2D eigenvalue weighted by Crippen LogP contribution is 2.45. The van der Waals surface area contributed by atoms with Gasteiger partial charge in [0.25, 0.3) is 0 Å². The van der Waals surface area contributed by atoms with Gasteiger partial charge in [0, 0.05) is 5.69 Å². The second-order valence-corrected chi connectivity index (χ2v) is 5.41. The third-order valence-corrected chi connectivity index (χ3v) is 4.31. The zero-order valence-electron chi connectivity index (χ0n) is 10.8. The Labute approximate surface area is 111 Å². The molecule has 1 fully saturated rings. The molecule has 100 valence electrons. The maximum atomic E-state index is 12.3. The zero-order chi connectivity index (χ0) is 13.6. The molecule has 0 saturated carbocycles. The first-order valence-electron chi connectivity index (χ1n) is 6.41. The molecule has 0 radical (unpaired) electrons. The van der Waals surface area contributed by atoms with Gasteiger partial charge in [-0.05, 0) is 56.7 Å². The first-order chi connectivity index (χ1) is 9.03. The van der Waals surface area contributed by atoms with Crippen LogP contribution in [0.4, 0.5) is 5.69 Å². The third kappa shape index (κ3) is 1.73. The van der Waals surface area contributed by atoms with Crippen molar-refractivity contribution >= 4 is 17.6 Å². The van der Waals surface area contributed by atoms with Gasteiger partial charge in [-0.3, -0.25) is 4.79 Å². The number of nitrogens with zero attached hydrogens (tertiary/aromatic N) is 1. The van der Waals surface area contributed by atoms with Crippen LogP contribution in [-0.4, -0.2) is 42.0 Å². The Morgan fingerprint density at radius 1 is 1.37 bits per heavy atom. The van der Waals surface area contributed by atoms with Gasteiger partial charge in [0.05, 0.1) is 11.0 Å². The van der Waals surface area contributed by atoms with Gasteiger partial charge in [-0.2, -0.15) is 0 Å². The minimum Gasteiger partial charge on any atom is -0.478 e. The lowest BCUT2D eigenvalue weighted by Gasteiger charge is -2.36. The molecule has 5 heteroatoms. The van der Waals surface area contributed by atoms with Gasteiger partial charge >= 0.3 is 5.97 Å². The van der Waals surface area contributed by atoms with Crippen LogP contribution in [0.15, 0.2) is 18.2 Å². The Bertz CT molecular complexity index is 560. The summed E-state index contributed by atoms with van der Waals surface area (Å²) in [6.45, 7) is 1.70. The SMILES string of the molecule is CN1CCC2(CC1)C(=O)Nc1ccc(C(=O)O)cc12. The first kappa shape index (κ1) is 12.2. The number of carbonyl (C=O) groups excluding carboxylic acids is 1. The number of carboxylic acids is 1. The topological polar surface area (TPSA) is 69.6 Å². The van der Waals surface area contributed by atoms with Crippen molar-refractivity contribution in [1.29, 1.82) is 0 Å². The number of carbonyl (C=O) groups is 2. The van der Waals surface area contributed by atoms with Crippen LogP contribution in [0.1, 0.15) is 28.8 Å². The molecule has 0 aromatic heterocycles. The second-order valence-electron chi connectivity index (χ2n) is 5.41. The molecule has 1 amide bonds. The Kier molecular flexibility index (Phi) is 2.60. The number of carboxylic acid groups (broad SMARTS) is 1. The van der Waals surface area contributed by atoms with E-state index in [1.165, 1.54) is 6.07 Å². The molecule has 0 atom stereocenters. The Hall–Kier alpha value is -1.88. The third-order valence-electron chi connectivity index (χ3n) is 4.31. The van der Waals surface area contributed by atoms with Crippen molar-refractivity contribution < 1.29 is 14.7 Å². The molecular formula is C14H16N2O3. The molecule has 0 bridgehead atoms. The largest absolute Gasteiger partial charge is 0.478 e. The lowest BCUT2D eigenvalue weighted by atomic mass is 9.73. The van der Waals surface area contributed by atoms with Gasteiger partial charge in [0.1, 0.15) is 0 Å². The summed E-state index contributed by atoms with van der Waals surface area (Å²) in [5, 5.41) is 12.0. The molecule has 1 saturated heterocycles. The predicted octanol–water partition coefficient (Wildman–Crippen LogP) is 1.30. The lowest BCUT2D eigenvalue weighted by Crippen LogP contribution is -2.45. The number of anilines is 1. The van der Waals surface area contributed by atoms with Crippen LogP contribution in [-0.2, 0) is 10.2 Å². The van der Waals surface area contributed by atoms with Gasteiger partial charge in [0.15, 0.2) is 0 Å². The summed E-state index contributed by atoms with van der Waals surface area (Å²) in [4.78, 5) is 25.6. The molecule has 19 heavy (non-hydrogen) atoms. The number of piperidine rings is 1. The lowest BCUT2D eigenvalue weighted by molar-refractivity contribution is -0.122. The summed E-state index contributed by atoms with van der Waals surface area (Å²) in [6.07, 6.45) is 1.48. The molecule has 0 unspecified atom stereocenters. The Morgan fingerprint density at radius 3 is 2.68 bits per heavy atom. The van der Waals surface area contributed by atoms with Crippen molar-refractivity contribution in [2.24, 2.45) is 0 Å². The molecule has 0 aliphatic carbocycles.